The Bertz CT molecular complexity index is 636. The summed E-state index contributed by atoms with van der Waals surface area (Å²) in [4.78, 5) is 18.5. The summed E-state index contributed by atoms with van der Waals surface area (Å²) in [7, 11) is 0. The molecule has 2 aromatic rings. The van der Waals surface area contributed by atoms with Crippen molar-refractivity contribution in [3.8, 4) is 0 Å². The minimum Gasteiger partial charge on any atom is -0.337 e. The molecule has 3 rings (SSSR count). The summed E-state index contributed by atoms with van der Waals surface area (Å²) in [6.45, 7) is 3.23. The van der Waals surface area contributed by atoms with Gasteiger partial charge in [-0.05, 0) is 31.2 Å². The first kappa shape index (κ1) is 13.0. The van der Waals surface area contributed by atoms with Gasteiger partial charge in [-0.1, -0.05) is 0 Å². The fourth-order valence-electron chi connectivity index (χ4n) is 2.44. The molecule has 1 aliphatic rings. The fraction of sp³-hybridized carbons (Fsp3) is 0.333. The van der Waals surface area contributed by atoms with E-state index in [1.165, 1.54) is 18.3 Å². The number of carbonyl (C=O) groups excluding carboxylic acids is 1. The van der Waals surface area contributed by atoms with Crippen LogP contribution in [0.4, 0.5) is 4.39 Å². The van der Waals surface area contributed by atoms with Crippen LogP contribution < -0.4 is 5.32 Å². The van der Waals surface area contributed by atoms with Gasteiger partial charge in [-0.3, -0.25) is 9.78 Å². The van der Waals surface area contributed by atoms with Gasteiger partial charge in [0, 0.05) is 37.3 Å². The van der Waals surface area contributed by atoms with Gasteiger partial charge < -0.3 is 10.2 Å². The van der Waals surface area contributed by atoms with Crippen LogP contribution in [0.25, 0.3) is 10.9 Å². The number of carbonyl (C=O) groups is 1. The molecule has 104 valence electrons. The van der Waals surface area contributed by atoms with Crippen LogP contribution in [-0.4, -0.2) is 42.0 Å². The van der Waals surface area contributed by atoms with Gasteiger partial charge in [0.05, 0.1) is 11.1 Å². The van der Waals surface area contributed by atoms with Crippen LogP contribution in [0.5, 0.6) is 0 Å². The van der Waals surface area contributed by atoms with E-state index in [0.29, 0.717) is 17.6 Å². The average Bonchev–Trinajstić information content (AvgIpc) is 2.75. The third kappa shape index (κ3) is 2.63. The molecule has 0 atom stereocenters. The van der Waals surface area contributed by atoms with Crippen molar-refractivity contribution in [3.05, 3.63) is 41.8 Å². The van der Waals surface area contributed by atoms with Gasteiger partial charge in [-0.15, -0.1) is 0 Å². The molecular formula is C15H16FN3O. The molecular weight excluding hydrogens is 257 g/mol. The van der Waals surface area contributed by atoms with E-state index in [9.17, 15) is 9.18 Å². The highest BCUT2D eigenvalue weighted by molar-refractivity contribution is 5.97. The smallest absolute Gasteiger partial charge is 0.255 e. The summed E-state index contributed by atoms with van der Waals surface area (Å²) < 4.78 is 13.1. The topological polar surface area (TPSA) is 45.2 Å². The van der Waals surface area contributed by atoms with Gasteiger partial charge in [-0.2, -0.15) is 0 Å². The molecule has 1 aromatic heterocycles. The second-order valence-electron chi connectivity index (χ2n) is 4.96. The average molecular weight is 273 g/mol. The molecule has 1 fully saturated rings. The zero-order chi connectivity index (χ0) is 13.9. The monoisotopic (exact) mass is 273 g/mol. The molecule has 1 aromatic carbocycles. The summed E-state index contributed by atoms with van der Waals surface area (Å²) in [5, 5.41) is 4.05. The number of halogens is 1. The molecule has 0 aliphatic carbocycles. The molecule has 4 nitrogen and oxygen atoms in total. The number of pyridine rings is 1. The van der Waals surface area contributed by atoms with E-state index < -0.39 is 0 Å². The summed E-state index contributed by atoms with van der Waals surface area (Å²) in [5.41, 5.74) is 1.13. The van der Waals surface area contributed by atoms with E-state index in [1.807, 2.05) is 4.90 Å². The van der Waals surface area contributed by atoms with E-state index in [-0.39, 0.29) is 11.7 Å². The molecule has 0 bridgehead atoms. The Hall–Kier alpha value is -2.01. The SMILES string of the molecule is O=C(c1cnc2cc(F)ccc2c1)N1CCCNCC1. The van der Waals surface area contributed by atoms with Crippen LogP contribution in [-0.2, 0) is 0 Å². The maximum atomic E-state index is 13.1. The number of hydrogen-bond donors (Lipinski definition) is 1. The Kier molecular flexibility index (Phi) is 3.60. The first-order valence-corrected chi connectivity index (χ1v) is 6.79. The molecule has 1 N–H and O–H groups in total. The molecule has 1 amide bonds. The number of hydrogen-bond acceptors (Lipinski definition) is 3. The first-order chi connectivity index (χ1) is 9.74. The van der Waals surface area contributed by atoms with Gasteiger partial charge in [-0.25, -0.2) is 4.39 Å². The highest BCUT2D eigenvalue weighted by atomic mass is 19.1. The first-order valence-electron chi connectivity index (χ1n) is 6.79. The Balaban J connectivity index is 1.89. The summed E-state index contributed by atoms with van der Waals surface area (Å²) in [6, 6.07) is 6.19. The molecule has 2 heterocycles. The highest BCUT2D eigenvalue weighted by Crippen LogP contribution is 2.16. The zero-order valence-corrected chi connectivity index (χ0v) is 11.1. The van der Waals surface area contributed by atoms with Gasteiger partial charge in [0.15, 0.2) is 0 Å². The maximum Gasteiger partial charge on any atom is 0.255 e. The van der Waals surface area contributed by atoms with Crippen molar-refractivity contribution in [1.82, 2.24) is 15.2 Å². The van der Waals surface area contributed by atoms with E-state index in [4.69, 9.17) is 0 Å². The van der Waals surface area contributed by atoms with Crippen molar-refractivity contribution in [3.63, 3.8) is 0 Å². The Morgan fingerprint density at radius 1 is 1.25 bits per heavy atom. The largest absolute Gasteiger partial charge is 0.337 e. The van der Waals surface area contributed by atoms with Gasteiger partial charge in [0.25, 0.3) is 5.91 Å². The minimum atomic E-state index is -0.317. The third-order valence-electron chi connectivity index (χ3n) is 3.52. The lowest BCUT2D eigenvalue weighted by atomic mass is 10.1. The van der Waals surface area contributed by atoms with Crippen molar-refractivity contribution in [2.24, 2.45) is 0 Å². The molecule has 1 saturated heterocycles. The minimum absolute atomic E-state index is 0.00701. The van der Waals surface area contributed by atoms with E-state index >= 15 is 0 Å². The van der Waals surface area contributed by atoms with Gasteiger partial charge >= 0.3 is 0 Å². The number of fused-ring (bicyclic) bond motifs is 1. The lowest BCUT2D eigenvalue weighted by Crippen LogP contribution is -2.34. The Labute approximate surface area is 116 Å². The number of aromatic nitrogens is 1. The third-order valence-corrected chi connectivity index (χ3v) is 3.52. The lowest BCUT2D eigenvalue weighted by Gasteiger charge is -2.19. The maximum absolute atomic E-state index is 13.1. The summed E-state index contributed by atoms with van der Waals surface area (Å²) >= 11 is 0. The lowest BCUT2D eigenvalue weighted by molar-refractivity contribution is 0.0766. The predicted molar refractivity (Wildman–Crippen MR) is 75.1 cm³/mol. The molecule has 0 spiro atoms. The van der Waals surface area contributed by atoms with Crippen molar-refractivity contribution >= 4 is 16.8 Å². The van der Waals surface area contributed by atoms with E-state index in [1.54, 1.807) is 12.1 Å². The summed E-state index contributed by atoms with van der Waals surface area (Å²) in [5.74, 6) is -0.324. The Morgan fingerprint density at radius 2 is 2.15 bits per heavy atom. The highest BCUT2D eigenvalue weighted by Gasteiger charge is 2.17. The molecule has 0 saturated carbocycles. The number of nitrogens with zero attached hydrogens (tertiary/aromatic N) is 2. The number of amides is 1. The number of benzene rings is 1. The van der Waals surface area contributed by atoms with Crippen molar-refractivity contribution in [2.75, 3.05) is 26.2 Å². The van der Waals surface area contributed by atoms with Crippen molar-refractivity contribution in [2.45, 2.75) is 6.42 Å². The van der Waals surface area contributed by atoms with Crippen LogP contribution in [0.2, 0.25) is 0 Å². The fourth-order valence-corrected chi connectivity index (χ4v) is 2.44. The molecule has 0 radical (unpaired) electrons. The molecule has 5 heteroatoms. The molecule has 1 aliphatic heterocycles. The van der Waals surface area contributed by atoms with E-state index in [0.717, 1.165) is 31.4 Å². The molecule has 0 unspecified atom stereocenters. The van der Waals surface area contributed by atoms with Crippen LogP contribution in [0.3, 0.4) is 0 Å². The zero-order valence-electron chi connectivity index (χ0n) is 11.1. The number of nitrogens with one attached hydrogen (secondary N) is 1. The summed E-state index contributed by atoms with van der Waals surface area (Å²) in [6.07, 6.45) is 2.49. The molecule has 20 heavy (non-hydrogen) atoms. The number of rotatable bonds is 1. The van der Waals surface area contributed by atoms with E-state index in [2.05, 4.69) is 10.3 Å². The van der Waals surface area contributed by atoms with Crippen LogP contribution in [0.15, 0.2) is 30.5 Å². The normalized spacial score (nSPS) is 16.1. The second kappa shape index (κ2) is 5.54. The van der Waals surface area contributed by atoms with Crippen molar-refractivity contribution in [1.29, 1.82) is 0 Å². The van der Waals surface area contributed by atoms with Crippen molar-refractivity contribution < 1.29 is 9.18 Å². The quantitative estimate of drug-likeness (QED) is 0.862. The predicted octanol–water partition coefficient (Wildman–Crippen LogP) is 1.81. The van der Waals surface area contributed by atoms with Crippen LogP contribution in [0.1, 0.15) is 16.8 Å². The van der Waals surface area contributed by atoms with Crippen LogP contribution >= 0.6 is 0 Å². The van der Waals surface area contributed by atoms with Crippen LogP contribution in [0, 0.1) is 5.82 Å². The van der Waals surface area contributed by atoms with Gasteiger partial charge in [0.1, 0.15) is 5.82 Å². The second-order valence-corrected chi connectivity index (χ2v) is 4.96. The Morgan fingerprint density at radius 3 is 3.05 bits per heavy atom. The standard InChI is InChI=1S/C15H16FN3O/c16-13-3-2-11-8-12(10-18-14(11)9-13)15(20)19-6-1-4-17-5-7-19/h2-3,8-10,17H,1,4-7H2. The van der Waals surface area contributed by atoms with Gasteiger partial charge in [0.2, 0.25) is 0 Å².